The average molecular weight is 256 g/mol. The van der Waals surface area contributed by atoms with Gasteiger partial charge in [0.25, 0.3) is 5.88 Å². The van der Waals surface area contributed by atoms with Gasteiger partial charge in [-0.1, -0.05) is 6.92 Å². The number of aromatic nitrogens is 2. The van der Waals surface area contributed by atoms with Crippen molar-refractivity contribution >= 4 is 11.5 Å². The number of anilines is 1. The summed E-state index contributed by atoms with van der Waals surface area (Å²) in [5.41, 5.74) is 5.16. The van der Waals surface area contributed by atoms with E-state index in [9.17, 15) is 10.1 Å². The smallest absolute Gasteiger partial charge is 0.372 e. The van der Waals surface area contributed by atoms with Gasteiger partial charge < -0.3 is 15.2 Å². The molecule has 0 aromatic carbocycles. The number of ether oxygens (including phenoxy) is 2. The molecule has 8 heteroatoms. The number of aryl methyl sites for hydroxylation is 1. The van der Waals surface area contributed by atoms with Gasteiger partial charge in [-0.3, -0.25) is 10.1 Å². The van der Waals surface area contributed by atoms with Gasteiger partial charge in [0, 0.05) is 13.5 Å². The second-order valence-corrected chi connectivity index (χ2v) is 3.53. The number of rotatable bonds is 7. The largest absolute Gasteiger partial charge is 0.470 e. The van der Waals surface area contributed by atoms with Crippen molar-refractivity contribution in [3.63, 3.8) is 0 Å². The lowest BCUT2D eigenvalue weighted by Gasteiger charge is -2.08. The van der Waals surface area contributed by atoms with Gasteiger partial charge >= 0.3 is 5.69 Å². The predicted octanol–water partition coefficient (Wildman–Crippen LogP) is 0.945. The summed E-state index contributed by atoms with van der Waals surface area (Å²) in [4.78, 5) is 18.1. The summed E-state index contributed by atoms with van der Waals surface area (Å²) in [5, 5.41) is 10.9. The Morgan fingerprint density at radius 1 is 1.39 bits per heavy atom. The van der Waals surface area contributed by atoms with Crippen molar-refractivity contribution in [3.05, 3.63) is 15.9 Å². The van der Waals surface area contributed by atoms with E-state index in [0.717, 1.165) is 6.42 Å². The zero-order chi connectivity index (χ0) is 13.5. The van der Waals surface area contributed by atoms with Crippen LogP contribution in [0, 0.1) is 10.1 Å². The molecule has 0 spiro atoms. The standard InChI is InChI=1S/C10H16N4O4/c1-3-4-7-12-9(11)8(14(15)16)10(13-7)18-6-5-17-2/h3-6H2,1-2H3,(H2,11,12,13). The summed E-state index contributed by atoms with van der Waals surface area (Å²) in [6.07, 6.45) is 1.40. The lowest BCUT2D eigenvalue weighted by atomic mass is 10.3. The summed E-state index contributed by atoms with van der Waals surface area (Å²) in [5.74, 6) is 0.159. The topological polar surface area (TPSA) is 113 Å². The lowest BCUT2D eigenvalue weighted by Crippen LogP contribution is -2.11. The van der Waals surface area contributed by atoms with Crippen LogP contribution in [0.2, 0.25) is 0 Å². The maximum Gasteiger partial charge on any atom is 0.372 e. The molecule has 100 valence electrons. The van der Waals surface area contributed by atoms with E-state index in [0.29, 0.717) is 18.9 Å². The molecule has 8 nitrogen and oxygen atoms in total. The van der Waals surface area contributed by atoms with Crippen molar-refractivity contribution in [2.45, 2.75) is 19.8 Å². The van der Waals surface area contributed by atoms with E-state index in [1.165, 1.54) is 7.11 Å². The zero-order valence-corrected chi connectivity index (χ0v) is 10.4. The average Bonchev–Trinajstić information content (AvgIpc) is 2.28. The summed E-state index contributed by atoms with van der Waals surface area (Å²) in [7, 11) is 1.51. The Balaban J connectivity index is 3.03. The van der Waals surface area contributed by atoms with E-state index in [1.54, 1.807) is 0 Å². The van der Waals surface area contributed by atoms with Crippen LogP contribution in [0.4, 0.5) is 11.5 Å². The van der Waals surface area contributed by atoms with Crippen LogP contribution in [0.15, 0.2) is 0 Å². The fraction of sp³-hybridized carbons (Fsp3) is 0.600. The van der Waals surface area contributed by atoms with E-state index >= 15 is 0 Å². The zero-order valence-electron chi connectivity index (χ0n) is 10.4. The highest BCUT2D eigenvalue weighted by atomic mass is 16.6. The van der Waals surface area contributed by atoms with Crippen molar-refractivity contribution in [1.29, 1.82) is 0 Å². The molecule has 0 amide bonds. The molecule has 0 saturated carbocycles. The van der Waals surface area contributed by atoms with Gasteiger partial charge in [-0.2, -0.15) is 4.98 Å². The Morgan fingerprint density at radius 3 is 2.67 bits per heavy atom. The first kappa shape index (κ1) is 14.1. The van der Waals surface area contributed by atoms with Crippen molar-refractivity contribution in [1.82, 2.24) is 9.97 Å². The van der Waals surface area contributed by atoms with Crippen LogP contribution >= 0.6 is 0 Å². The third kappa shape index (κ3) is 3.52. The van der Waals surface area contributed by atoms with E-state index < -0.39 is 10.6 Å². The lowest BCUT2D eigenvalue weighted by molar-refractivity contribution is -0.385. The van der Waals surface area contributed by atoms with Crippen molar-refractivity contribution in [3.8, 4) is 5.88 Å². The van der Waals surface area contributed by atoms with Crippen LogP contribution in [0.3, 0.4) is 0 Å². The molecule has 18 heavy (non-hydrogen) atoms. The van der Waals surface area contributed by atoms with Crippen LogP contribution < -0.4 is 10.5 Å². The Bertz CT molecular complexity index is 425. The maximum atomic E-state index is 10.9. The highest BCUT2D eigenvalue weighted by molar-refractivity contribution is 5.58. The van der Waals surface area contributed by atoms with Crippen molar-refractivity contribution in [2.24, 2.45) is 0 Å². The summed E-state index contributed by atoms with van der Waals surface area (Å²) < 4.78 is 10.0. The molecular weight excluding hydrogens is 240 g/mol. The SMILES string of the molecule is CCCc1nc(N)c([N+](=O)[O-])c(OCCOC)n1. The highest BCUT2D eigenvalue weighted by Gasteiger charge is 2.24. The third-order valence-electron chi connectivity index (χ3n) is 2.11. The number of nitrogens with two attached hydrogens (primary N) is 1. The van der Waals surface area contributed by atoms with E-state index in [2.05, 4.69) is 9.97 Å². The summed E-state index contributed by atoms with van der Waals surface area (Å²) in [6.45, 7) is 2.43. The molecule has 0 aliphatic rings. The van der Waals surface area contributed by atoms with Gasteiger partial charge in [0.05, 0.1) is 11.5 Å². The highest BCUT2D eigenvalue weighted by Crippen LogP contribution is 2.29. The number of hydrogen-bond donors (Lipinski definition) is 1. The number of nitrogens with zero attached hydrogens (tertiary/aromatic N) is 3. The van der Waals surface area contributed by atoms with Crippen molar-refractivity contribution in [2.75, 3.05) is 26.1 Å². The summed E-state index contributed by atoms with van der Waals surface area (Å²) in [6, 6.07) is 0. The first-order valence-corrected chi connectivity index (χ1v) is 5.52. The number of nitro groups is 1. The predicted molar refractivity (Wildman–Crippen MR) is 64.5 cm³/mol. The molecule has 0 radical (unpaired) electrons. The molecule has 0 saturated heterocycles. The molecule has 0 fully saturated rings. The number of methoxy groups -OCH3 is 1. The van der Waals surface area contributed by atoms with Crippen LogP contribution in [-0.4, -0.2) is 35.2 Å². The summed E-state index contributed by atoms with van der Waals surface area (Å²) >= 11 is 0. The van der Waals surface area contributed by atoms with Gasteiger partial charge in [0.1, 0.15) is 12.4 Å². The minimum absolute atomic E-state index is 0.104. The Labute approximate surface area is 104 Å². The molecule has 0 aliphatic carbocycles. The van der Waals surface area contributed by atoms with E-state index in [1.807, 2.05) is 6.92 Å². The van der Waals surface area contributed by atoms with Crippen LogP contribution in [-0.2, 0) is 11.2 Å². The molecule has 0 bridgehead atoms. The molecule has 0 unspecified atom stereocenters. The van der Waals surface area contributed by atoms with Crippen LogP contribution in [0.25, 0.3) is 0 Å². The second-order valence-electron chi connectivity index (χ2n) is 3.53. The van der Waals surface area contributed by atoms with Gasteiger partial charge in [0.2, 0.25) is 5.82 Å². The fourth-order valence-electron chi connectivity index (χ4n) is 1.33. The Kier molecular flexibility index (Phi) is 5.25. The number of nitrogen functional groups attached to an aromatic ring is 1. The molecule has 1 aromatic rings. The van der Waals surface area contributed by atoms with Crippen LogP contribution in [0.5, 0.6) is 5.88 Å². The molecule has 2 N–H and O–H groups in total. The molecule has 0 aliphatic heterocycles. The first-order chi connectivity index (χ1) is 8.60. The second kappa shape index (κ2) is 6.70. The molecule has 1 heterocycles. The normalized spacial score (nSPS) is 10.3. The van der Waals surface area contributed by atoms with Gasteiger partial charge in [0.15, 0.2) is 0 Å². The first-order valence-electron chi connectivity index (χ1n) is 5.52. The Hall–Kier alpha value is -1.96. The monoisotopic (exact) mass is 256 g/mol. The molecule has 0 atom stereocenters. The van der Waals surface area contributed by atoms with Crippen LogP contribution in [0.1, 0.15) is 19.2 Å². The molecule has 1 rings (SSSR count). The minimum Gasteiger partial charge on any atom is -0.470 e. The van der Waals surface area contributed by atoms with Gasteiger partial charge in [-0.25, -0.2) is 4.98 Å². The molecular formula is C10H16N4O4. The maximum absolute atomic E-state index is 10.9. The Morgan fingerprint density at radius 2 is 2.11 bits per heavy atom. The quantitative estimate of drug-likeness (QED) is 0.438. The van der Waals surface area contributed by atoms with Gasteiger partial charge in [-0.15, -0.1) is 0 Å². The third-order valence-corrected chi connectivity index (χ3v) is 2.11. The van der Waals surface area contributed by atoms with E-state index in [-0.39, 0.29) is 18.3 Å². The minimum atomic E-state index is -0.646. The fourth-order valence-corrected chi connectivity index (χ4v) is 1.33. The molecule has 1 aromatic heterocycles. The van der Waals surface area contributed by atoms with Crippen molar-refractivity contribution < 1.29 is 14.4 Å². The van der Waals surface area contributed by atoms with Gasteiger partial charge in [-0.05, 0) is 6.42 Å². The number of hydrogen-bond acceptors (Lipinski definition) is 7. The van der Waals surface area contributed by atoms with E-state index in [4.69, 9.17) is 15.2 Å².